The van der Waals surface area contributed by atoms with Gasteiger partial charge >= 0.3 is 0 Å². The van der Waals surface area contributed by atoms with Crippen molar-refractivity contribution in [3.8, 4) is 0 Å². The van der Waals surface area contributed by atoms with E-state index in [1.165, 1.54) is 36.1 Å². The van der Waals surface area contributed by atoms with Gasteiger partial charge in [-0.25, -0.2) is 0 Å². The first-order valence-corrected chi connectivity index (χ1v) is 8.68. The van der Waals surface area contributed by atoms with E-state index >= 15 is 0 Å². The summed E-state index contributed by atoms with van der Waals surface area (Å²) >= 11 is 3.66. The second kappa shape index (κ2) is 8.28. The Kier molecular flexibility index (Phi) is 6.68. The Morgan fingerprint density at radius 1 is 1.43 bits per heavy atom. The smallest absolute Gasteiger partial charge is 0.0340 e. The van der Waals surface area contributed by atoms with Crippen LogP contribution in [-0.4, -0.2) is 57.1 Å². The van der Waals surface area contributed by atoms with E-state index in [4.69, 9.17) is 0 Å². The average Bonchev–Trinajstić information content (AvgIpc) is 2.86. The van der Waals surface area contributed by atoms with E-state index in [0.29, 0.717) is 6.04 Å². The second-order valence-corrected chi connectivity index (χ2v) is 7.18. The van der Waals surface area contributed by atoms with Gasteiger partial charge in [0.05, 0.1) is 0 Å². The highest BCUT2D eigenvalue weighted by Crippen LogP contribution is 2.25. The molecule has 1 aliphatic heterocycles. The lowest BCUT2D eigenvalue weighted by Crippen LogP contribution is -2.30. The van der Waals surface area contributed by atoms with Crippen LogP contribution in [0.4, 0.5) is 0 Å². The summed E-state index contributed by atoms with van der Waals surface area (Å²) in [6, 6.07) is 8.93. The summed E-state index contributed by atoms with van der Waals surface area (Å²) in [5, 5.41) is 3.45. The van der Waals surface area contributed by atoms with Gasteiger partial charge in [-0.1, -0.05) is 34.1 Å². The molecule has 2 rings (SSSR count). The molecule has 21 heavy (non-hydrogen) atoms. The van der Waals surface area contributed by atoms with Crippen LogP contribution in [0.15, 0.2) is 28.7 Å². The molecule has 2 atom stereocenters. The van der Waals surface area contributed by atoms with Gasteiger partial charge < -0.3 is 15.1 Å². The van der Waals surface area contributed by atoms with Crippen molar-refractivity contribution in [2.45, 2.75) is 18.9 Å². The van der Waals surface area contributed by atoms with Gasteiger partial charge in [-0.2, -0.15) is 0 Å². The zero-order chi connectivity index (χ0) is 15.2. The molecule has 0 aliphatic carbocycles. The number of benzene rings is 1. The summed E-state index contributed by atoms with van der Waals surface area (Å²) in [5.41, 5.74) is 1.36. The molecular formula is C17H28BrN3. The highest BCUT2D eigenvalue weighted by molar-refractivity contribution is 9.10. The van der Waals surface area contributed by atoms with Crippen LogP contribution in [0.1, 0.15) is 24.4 Å². The fourth-order valence-corrected chi connectivity index (χ4v) is 3.83. The number of nitrogens with one attached hydrogen (secondary N) is 1. The molecule has 0 bridgehead atoms. The van der Waals surface area contributed by atoms with Gasteiger partial charge in [0, 0.05) is 23.6 Å². The topological polar surface area (TPSA) is 18.5 Å². The number of rotatable bonds is 7. The molecule has 1 N–H and O–H groups in total. The van der Waals surface area contributed by atoms with Gasteiger partial charge in [-0.3, -0.25) is 0 Å². The zero-order valence-electron chi connectivity index (χ0n) is 13.5. The molecular weight excluding hydrogens is 326 g/mol. The number of likely N-dealkylation sites (tertiary alicyclic amines) is 1. The Bertz CT molecular complexity index is 438. The summed E-state index contributed by atoms with van der Waals surface area (Å²) in [6.45, 7) is 4.86. The van der Waals surface area contributed by atoms with Crippen LogP contribution in [0, 0.1) is 5.92 Å². The molecule has 3 nitrogen and oxygen atoms in total. The first-order valence-electron chi connectivity index (χ1n) is 7.89. The molecule has 1 aromatic rings. The number of halogens is 1. The lowest BCUT2D eigenvalue weighted by molar-refractivity contribution is 0.261. The maximum atomic E-state index is 3.66. The van der Waals surface area contributed by atoms with E-state index in [2.05, 4.69) is 76.5 Å². The predicted octanol–water partition coefficient (Wildman–Crippen LogP) is 2.98. The molecule has 0 spiro atoms. The van der Waals surface area contributed by atoms with E-state index in [1.54, 1.807) is 0 Å². The maximum Gasteiger partial charge on any atom is 0.0340 e. The summed E-state index contributed by atoms with van der Waals surface area (Å²) in [5.74, 6) is 0.844. The molecule has 1 saturated heterocycles. The Hall–Kier alpha value is -0.420. The van der Waals surface area contributed by atoms with Crippen molar-refractivity contribution in [1.82, 2.24) is 15.1 Å². The average molecular weight is 354 g/mol. The van der Waals surface area contributed by atoms with Crippen LogP contribution in [0.25, 0.3) is 0 Å². The van der Waals surface area contributed by atoms with Crippen molar-refractivity contribution in [3.63, 3.8) is 0 Å². The first kappa shape index (κ1) is 16.9. The van der Waals surface area contributed by atoms with Crippen molar-refractivity contribution in [1.29, 1.82) is 0 Å². The maximum absolute atomic E-state index is 3.66. The normalized spacial score (nSPS) is 21.1. The summed E-state index contributed by atoms with van der Waals surface area (Å²) in [7, 11) is 6.53. The number of nitrogens with zero attached hydrogens (tertiary/aromatic N) is 2. The third kappa shape index (κ3) is 5.06. The van der Waals surface area contributed by atoms with E-state index < -0.39 is 0 Å². The molecule has 1 aromatic carbocycles. The molecule has 0 radical (unpaired) electrons. The Labute approximate surface area is 137 Å². The van der Waals surface area contributed by atoms with Gasteiger partial charge in [0.15, 0.2) is 0 Å². The van der Waals surface area contributed by atoms with Crippen molar-refractivity contribution in [2.24, 2.45) is 5.92 Å². The van der Waals surface area contributed by atoms with Gasteiger partial charge in [0.2, 0.25) is 0 Å². The number of hydrogen-bond donors (Lipinski definition) is 1. The largest absolute Gasteiger partial charge is 0.313 e. The highest BCUT2D eigenvalue weighted by atomic mass is 79.9. The number of hydrogen-bond acceptors (Lipinski definition) is 3. The monoisotopic (exact) mass is 353 g/mol. The predicted molar refractivity (Wildman–Crippen MR) is 93.7 cm³/mol. The summed E-state index contributed by atoms with van der Waals surface area (Å²) < 4.78 is 1.20. The summed E-state index contributed by atoms with van der Waals surface area (Å²) in [4.78, 5) is 4.93. The van der Waals surface area contributed by atoms with Crippen molar-refractivity contribution < 1.29 is 0 Å². The Morgan fingerprint density at radius 3 is 2.81 bits per heavy atom. The minimum absolute atomic E-state index is 0.411. The minimum atomic E-state index is 0.411. The second-order valence-electron chi connectivity index (χ2n) is 6.33. The van der Waals surface area contributed by atoms with E-state index in [0.717, 1.165) is 18.9 Å². The zero-order valence-corrected chi connectivity index (χ0v) is 15.1. The van der Waals surface area contributed by atoms with Gasteiger partial charge in [-0.05, 0) is 64.6 Å². The van der Waals surface area contributed by atoms with Gasteiger partial charge in [0.25, 0.3) is 0 Å². The lowest BCUT2D eigenvalue weighted by Gasteiger charge is -2.24. The highest BCUT2D eigenvalue weighted by Gasteiger charge is 2.21. The standard InChI is InChI=1S/C17H28BrN3/c1-19-17(15-6-4-5-7-16(15)18)9-11-21(3)13-14-8-10-20(2)12-14/h4-7,14,17,19H,8-13H2,1-3H3. The molecule has 4 heteroatoms. The lowest BCUT2D eigenvalue weighted by atomic mass is 10.0. The van der Waals surface area contributed by atoms with Crippen LogP contribution in [-0.2, 0) is 0 Å². The van der Waals surface area contributed by atoms with Gasteiger partial charge in [0.1, 0.15) is 0 Å². The first-order chi connectivity index (χ1) is 10.1. The van der Waals surface area contributed by atoms with E-state index in [9.17, 15) is 0 Å². The minimum Gasteiger partial charge on any atom is -0.313 e. The quantitative estimate of drug-likeness (QED) is 0.812. The SMILES string of the molecule is CNC(CCN(C)CC1CCN(C)C1)c1ccccc1Br. The molecule has 118 valence electrons. The van der Waals surface area contributed by atoms with Gasteiger partial charge in [-0.15, -0.1) is 0 Å². The van der Waals surface area contributed by atoms with E-state index in [-0.39, 0.29) is 0 Å². The van der Waals surface area contributed by atoms with Crippen LogP contribution in [0.5, 0.6) is 0 Å². The molecule has 0 aromatic heterocycles. The Morgan fingerprint density at radius 2 is 2.19 bits per heavy atom. The van der Waals surface area contributed by atoms with Crippen LogP contribution in [0.3, 0.4) is 0 Å². The van der Waals surface area contributed by atoms with Crippen molar-refractivity contribution in [2.75, 3.05) is 47.3 Å². The molecule has 1 heterocycles. The van der Waals surface area contributed by atoms with Crippen LogP contribution >= 0.6 is 15.9 Å². The fraction of sp³-hybridized carbons (Fsp3) is 0.647. The third-order valence-corrected chi connectivity index (χ3v) is 5.21. The summed E-state index contributed by atoms with van der Waals surface area (Å²) in [6.07, 6.45) is 2.48. The fourth-order valence-electron chi connectivity index (χ4n) is 3.27. The third-order valence-electron chi connectivity index (χ3n) is 4.49. The molecule has 1 fully saturated rings. The molecule has 0 saturated carbocycles. The van der Waals surface area contributed by atoms with Crippen LogP contribution in [0.2, 0.25) is 0 Å². The van der Waals surface area contributed by atoms with Crippen molar-refractivity contribution >= 4 is 15.9 Å². The van der Waals surface area contributed by atoms with Crippen LogP contribution < -0.4 is 5.32 Å². The van der Waals surface area contributed by atoms with E-state index in [1.807, 2.05) is 0 Å². The Balaban J connectivity index is 1.81. The molecule has 0 amide bonds. The molecule has 2 unspecified atom stereocenters. The molecule has 1 aliphatic rings. The van der Waals surface area contributed by atoms with Crippen molar-refractivity contribution in [3.05, 3.63) is 34.3 Å².